The van der Waals surface area contributed by atoms with Crippen molar-refractivity contribution in [1.29, 1.82) is 0 Å². The number of rotatable bonds is 4. The van der Waals surface area contributed by atoms with Crippen LogP contribution in [-0.4, -0.2) is 42.8 Å². The Bertz CT molecular complexity index is 441. The Kier molecular flexibility index (Phi) is 4.81. The minimum absolute atomic E-state index is 0.103. The van der Waals surface area contributed by atoms with Crippen LogP contribution >= 0.6 is 27.8 Å². The molecule has 0 aromatic carbocycles. The molecule has 3 unspecified atom stereocenters. The Hall–Kier alpha value is 0.610. The molecule has 2 aliphatic rings. The van der Waals surface area contributed by atoms with E-state index in [2.05, 4.69) is 17.9 Å². The van der Waals surface area contributed by atoms with E-state index in [1.165, 1.54) is 0 Å². The summed E-state index contributed by atoms with van der Waals surface area (Å²) in [6, 6.07) is -0.230. The van der Waals surface area contributed by atoms with Gasteiger partial charge in [-0.15, -0.1) is 0 Å². The Labute approximate surface area is 123 Å². The molecule has 1 saturated carbocycles. The molecule has 1 saturated heterocycles. The number of piperidine rings is 1. The highest BCUT2D eigenvalue weighted by atomic mass is 32.1. The molecule has 1 aliphatic heterocycles. The predicted octanol–water partition coefficient (Wildman–Crippen LogP) is 0.746. The van der Waals surface area contributed by atoms with Gasteiger partial charge in [0.1, 0.15) is 0 Å². The third-order valence-electron chi connectivity index (χ3n) is 4.63. The molecule has 0 spiro atoms. The number of thiol groups is 1. The highest BCUT2D eigenvalue weighted by molar-refractivity contribution is 7.80. The van der Waals surface area contributed by atoms with Crippen molar-refractivity contribution in [2.75, 3.05) is 12.3 Å². The number of nitrogens with one attached hydrogen (secondary N) is 1. The summed E-state index contributed by atoms with van der Waals surface area (Å²) in [5.41, 5.74) is 0. The first-order valence-electron chi connectivity index (χ1n) is 6.56. The van der Waals surface area contributed by atoms with Crippen molar-refractivity contribution in [3.8, 4) is 0 Å². The van der Waals surface area contributed by atoms with E-state index >= 15 is 0 Å². The zero-order chi connectivity index (χ0) is 15.2. The summed E-state index contributed by atoms with van der Waals surface area (Å²) >= 11 is 4.18. The monoisotopic (exact) mass is 345 g/mol. The van der Waals surface area contributed by atoms with Gasteiger partial charge in [0.05, 0.1) is 0 Å². The average molecular weight is 345 g/mol. The number of hydrogen-bond acceptors (Lipinski definition) is 4. The number of fused-ring (bicyclic) bond motifs is 1. The van der Waals surface area contributed by atoms with Gasteiger partial charge in [-0.3, -0.25) is 9.13 Å². The van der Waals surface area contributed by atoms with E-state index < -0.39 is 20.1 Å². The van der Waals surface area contributed by atoms with Gasteiger partial charge in [-0.1, -0.05) is 0 Å². The van der Waals surface area contributed by atoms with Crippen molar-refractivity contribution >= 4 is 27.8 Å². The van der Waals surface area contributed by atoms with E-state index in [9.17, 15) is 28.7 Å². The molecule has 2 fully saturated rings. The van der Waals surface area contributed by atoms with Crippen LogP contribution in [0.15, 0.2) is 0 Å². The van der Waals surface area contributed by atoms with Crippen LogP contribution in [0, 0.1) is 11.8 Å². The third kappa shape index (κ3) is 2.90. The first-order chi connectivity index (χ1) is 9.11. The summed E-state index contributed by atoms with van der Waals surface area (Å²) in [6.45, 7) is 0.708. The van der Waals surface area contributed by atoms with E-state index in [-0.39, 0.29) is 24.8 Å². The van der Waals surface area contributed by atoms with E-state index in [1.54, 1.807) is 0 Å². The summed E-state index contributed by atoms with van der Waals surface area (Å²) in [7, 11) is -9.79. The topological polar surface area (TPSA) is 127 Å². The van der Waals surface area contributed by atoms with Crippen LogP contribution in [0.25, 0.3) is 0 Å². The van der Waals surface area contributed by atoms with Crippen LogP contribution in [0.5, 0.6) is 0 Å². The lowest BCUT2D eigenvalue weighted by Gasteiger charge is -2.32. The van der Waals surface area contributed by atoms with E-state index in [0.717, 1.165) is 18.6 Å². The fraction of sp³-hybridized carbons (Fsp3) is 1.00. The molecule has 20 heavy (non-hydrogen) atoms. The normalized spacial score (nSPS) is 34.0. The van der Waals surface area contributed by atoms with Crippen LogP contribution in [0.2, 0.25) is 0 Å². The molecule has 1 heterocycles. The maximum Gasteiger partial charge on any atom is 0.343 e. The quantitative estimate of drug-likeness (QED) is 0.328. The molecule has 2 rings (SSSR count). The lowest BCUT2D eigenvalue weighted by atomic mass is 9.85. The van der Waals surface area contributed by atoms with Crippen LogP contribution in [-0.2, 0) is 9.13 Å². The van der Waals surface area contributed by atoms with E-state index in [0.29, 0.717) is 12.5 Å². The largest absolute Gasteiger partial charge is 0.343 e. The van der Waals surface area contributed by atoms with Crippen LogP contribution in [0.4, 0.5) is 0 Å². The van der Waals surface area contributed by atoms with Gasteiger partial charge < -0.3 is 24.9 Å². The summed E-state index contributed by atoms with van der Waals surface area (Å²) in [4.78, 5) is 35.8. The number of hydrogen-bond donors (Lipinski definition) is 6. The Morgan fingerprint density at radius 3 is 2.25 bits per heavy atom. The second-order valence-electron chi connectivity index (χ2n) is 5.87. The second kappa shape index (κ2) is 5.67. The molecule has 1 aliphatic carbocycles. The molecular formula is C10H21NO6P2S. The van der Waals surface area contributed by atoms with Crippen molar-refractivity contribution in [2.24, 2.45) is 11.8 Å². The average Bonchev–Trinajstić information content (AvgIpc) is 2.68. The Morgan fingerprint density at radius 2 is 1.75 bits per heavy atom. The SMILES string of the molecule is O=P(O)(O)C1(P(=O)(O)O)CC2CC(CCS)CNC2C1. The zero-order valence-electron chi connectivity index (χ0n) is 10.9. The van der Waals surface area contributed by atoms with Gasteiger partial charge in [0.15, 0.2) is 4.90 Å². The van der Waals surface area contributed by atoms with Crippen molar-refractivity contribution in [3.63, 3.8) is 0 Å². The molecule has 0 aromatic heterocycles. The zero-order valence-corrected chi connectivity index (χ0v) is 13.6. The summed E-state index contributed by atoms with van der Waals surface area (Å²) in [5.74, 6) is 0.971. The Balaban J connectivity index is 2.25. The van der Waals surface area contributed by atoms with Gasteiger partial charge in [-0.25, -0.2) is 0 Å². The molecule has 118 valence electrons. The highest BCUT2D eigenvalue weighted by Gasteiger charge is 2.66. The molecule has 5 N–H and O–H groups in total. The first kappa shape index (κ1) is 17.0. The first-order valence-corrected chi connectivity index (χ1v) is 10.4. The van der Waals surface area contributed by atoms with Gasteiger partial charge in [-0.05, 0) is 49.8 Å². The molecule has 0 radical (unpaired) electrons. The molecule has 0 aromatic rings. The molecule has 7 nitrogen and oxygen atoms in total. The maximum absolute atomic E-state index is 11.7. The van der Waals surface area contributed by atoms with Gasteiger partial charge in [0.25, 0.3) is 0 Å². The van der Waals surface area contributed by atoms with Crippen LogP contribution in [0.1, 0.15) is 25.7 Å². The highest BCUT2D eigenvalue weighted by Crippen LogP contribution is 2.76. The standard InChI is InChI=1S/C10H21NO6P2S/c12-18(13,14)10(19(15,16)17)4-8-3-7(1-2-20)6-11-9(8)5-10/h7-9,11,20H,1-6H2,(H2,12,13,14)(H2,15,16,17). The minimum atomic E-state index is -4.89. The molecular weight excluding hydrogens is 324 g/mol. The fourth-order valence-electron chi connectivity index (χ4n) is 3.53. The van der Waals surface area contributed by atoms with Gasteiger partial charge in [0, 0.05) is 6.04 Å². The van der Waals surface area contributed by atoms with Crippen molar-refractivity contribution in [1.82, 2.24) is 5.32 Å². The molecule has 0 amide bonds. The lowest BCUT2D eigenvalue weighted by molar-refractivity contribution is 0.240. The molecule has 3 atom stereocenters. The van der Waals surface area contributed by atoms with Crippen molar-refractivity contribution in [2.45, 2.75) is 36.6 Å². The van der Waals surface area contributed by atoms with Gasteiger partial charge in [-0.2, -0.15) is 12.6 Å². The Morgan fingerprint density at radius 1 is 1.15 bits per heavy atom. The van der Waals surface area contributed by atoms with Crippen molar-refractivity contribution in [3.05, 3.63) is 0 Å². The third-order valence-corrected chi connectivity index (χ3v) is 9.35. The fourth-order valence-corrected chi connectivity index (χ4v) is 7.06. The lowest BCUT2D eigenvalue weighted by Crippen LogP contribution is -2.42. The van der Waals surface area contributed by atoms with Gasteiger partial charge in [0.2, 0.25) is 0 Å². The molecule has 10 heteroatoms. The second-order valence-corrected chi connectivity index (χ2v) is 10.6. The summed E-state index contributed by atoms with van der Waals surface area (Å²) in [5, 5.41) is 3.19. The van der Waals surface area contributed by atoms with Gasteiger partial charge >= 0.3 is 15.2 Å². The minimum Gasteiger partial charge on any atom is -0.324 e. The smallest absolute Gasteiger partial charge is 0.324 e. The van der Waals surface area contributed by atoms with Crippen LogP contribution < -0.4 is 5.32 Å². The van der Waals surface area contributed by atoms with E-state index in [4.69, 9.17) is 0 Å². The maximum atomic E-state index is 11.7. The van der Waals surface area contributed by atoms with E-state index in [1.807, 2.05) is 0 Å². The summed E-state index contributed by atoms with van der Waals surface area (Å²) < 4.78 is 23.4. The predicted molar refractivity (Wildman–Crippen MR) is 77.9 cm³/mol. The van der Waals surface area contributed by atoms with Crippen molar-refractivity contribution < 1.29 is 28.7 Å². The molecule has 0 bridgehead atoms. The van der Waals surface area contributed by atoms with Crippen LogP contribution in [0.3, 0.4) is 0 Å². The summed E-state index contributed by atoms with van der Waals surface area (Å²) in [6.07, 6.45) is 1.33.